The molecule has 0 N–H and O–H groups in total. The van der Waals surface area contributed by atoms with Crippen LogP contribution in [-0.2, 0) is 0 Å². The summed E-state index contributed by atoms with van der Waals surface area (Å²) in [5, 5.41) is 0. The van der Waals surface area contributed by atoms with Crippen LogP contribution in [0.1, 0.15) is 60.3 Å². The molecule has 0 aromatic heterocycles. The van der Waals surface area contributed by atoms with Gasteiger partial charge in [0.2, 0.25) is 0 Å². The molecule has 0 aromatic rings. The average Bonchev–Trinajstić information content (AvgIpc) is 2.58. The highest BCUT2D eigenvalue weighted by molar-refractivity contribution is 7.84. The molecule has 0 saturated heterocycles. The minimum absolute atomic E-state index is 0.756. The number of thiol groups is 1. The molecule has 0 nitrogen and oxygen atoms in total. The standard InChI is InChI=1S/C25H36S/c1-9-13-23(18-20(6)10-2)14-12-15-25(19(4)5)22(8)24(11-3)17-16-21(7)26/h9,11,13,16-18,26H,1,4,7,10,12,14-15H2,2-3,5-6,8H3/b17-16-,20-18-,23-13-,24-11?,25-22+. The van der Waals surface area contributed by atoms with E-state index in [4.69, 9.17) is 0 Å². The molecule has 1 heteroatoms. The molecule has 0 aliphatic heterocycles. The zero-order chi connectivity index (χ0) is 20.1. The van der Waals surface area contributed by atoms with Crippen LogP contribution in [-0.4, -0.2) is 0 Å². The van der Waals surface area contributed by atoms with Crippen molar-refractivity contribution in [1.82, 2.24) is 0 Å². The molecule has 0 unspecified atom stereocenters. The fraction of sp³-hybridized carbons (Fsp3) is 0.360. The fourth-order valence-corrected chi connectivity index (χ4v) is 2.84. The maximum atomic E-state index is 4.24. The molecule has 0 heterocycles. The lowest BCUT2D eigenvalue weighted by molar-refractivity contribution is 0.811. The van der Waals surface area contributed by atoms with Gasteiger partial charge in [0.1, 0.15) is 0 Å². The Morgan fingerprint density at radius 2 is 1.69 bits per heavy atom. The van der Waals surface area contributed by atoms with Gasteiger partial charge in [-0.1, -0.05) is 68.2 Å². The van der Waals surface area contributed by atoms with Gasteiger partial charge in [-0.25, -0.2) is 0 Å². The predicted octanol–water partition coefficient (Wildman–Crippen LogP) is 8.46. The molecule has 0 aliphatic carbocycles. The van der Waals surface area contributed by atoms with Gasteiger partial charge in [0.15, 0.2) is 0 Å². The molecular weight excluding hydrogens is 332 g/mol. The van der Waals surface area contributed by atoms with Gasteiger partial charge in [-0.2, -0.15) is 0 Å². The second kappa shape index (κ2) is 13.5. The quantitative estimate of drug-likeness (QED) is 0.274. The molecule has 0 bridgehead atoms. The average molecular weight is 369 g/mol. The normalized spacial score (nSPS) is 14.5. The molecule has 0 spiro atoms. The lowest BCUT2D eigenvalue weighted by atomic mass is 9.91. The van der Waals surface area contributed by atoms with Crippen LogP contribution in [0.15, 0.2) is 94.5 Å². The Morgan fingerprint density at radius 3 is 2.15 bits per heavy atom. The fourth-order valence-electron chi connectivity index (χ4n) is 2.76. The van der Waals surface area contributed by atoms with E-state index >= 15 is 0 Å². The van der Waals surface area contributed by atoms with E-state index in [2.05, 4.69) is 91.3 Å². The third-order valence-corrected chi connectivity index (χ3v) is 4.53. The van der Waals surface area contributed by atoms with Crippen LogP contribution in [0.25, 0.3) is 0 Å². The van der Waals surface area contributed by atoms with E-state index in [0.717, 1.165) is 36.2 Å². The Bertz CT molecular complexity index is 660. The monoisotopic (exact) mass is 368 g/mol. The Kier molecular flexibility index (Phi) is 12.6. The molecule has 0 fully saturated rings. The molecule has 0 atom stereocenters. The van der Waals surface area contributed by atoms with E-state index in [1.165, 1.54) is 27.9 Å². The number of hydrogen-bond donors (Lipinski definition) is 1. The molecule has 0 rings (SSSR count). The number of allylic oxidation sites excluding steroid dienone is 12. The summed E-state index contributed by atoms with van der Waals surface area (Å²) in [6.07, 6.45) is 16.6. The molecule has 0 radical (unpaired) electrons. The Hall–Kier alpha value is -1.73. The topological polar surface area (TPSA) is 0 Å². The minimum atomic E-state index is 0.756. The first-order valence-corrected chi connectivity index (χ1v) is 9.78. The van der Waals surface area contributed by atoms with Crippen molar-refractivity contribution < 1.29 is 0 Å². The van der Waals surface area contributed by atoms with Gasteiger partial charge < -0.3 is 0 Å². The first-order chi connectivity index (χ1) is 12.3. The van der Waals surface area contributed by atoms with Gasteiger partial charge in [0.25, 0.3) is 0 Å². The van der Waals surface area contributed by atoms with Crippen molar-refractivity contribution in [2.45, 2.75) is 60.3 Å². The van der Waals surface area contributed by atoms with Gasteiger partial charge in [-0.3, -0.25) is 0 Å². The van der Waals surface area contributed by atoms with E-state index in [9.17, 15) is 0 Å². The predicted molar refractivity (Wildman–Crippen MR) is 125 cm³/mol. The van der Waals surface area contributed by atoms with Crippen LogP contribution in [0.4, 0.5) is 0 Å². The Labute approximate surface area is 167 Å². The Balaban J connectivity index is 5.35. The number of hydrogen-bond acceptors (Lipinski definition) is 1. The summed E-state index contributed by atoms with van der Waals surface area (Å²) in [5.74, 6) is 0. The third kappa shape index (κ3) is 9.68. The van der Waals surface area contributed by atoms with Crippen molar-refractivity contribution in [3.05, 3.63) is 94.5 Å². The highest BCUT2D eigenvalue weighted by Crippen LogP contribution is 2.27. The summed E-state index contributed by atoms with van der Waals surface area (Å²) in [5.41, 5.74) is 7.69. The summed E-state index contributed by atoms with van der Waals surface area (Å²) in [6, 6.07) is 0. The van der Waals surface area contributed by atoms with Crippen LogP contribution >= 0.6 is 12.6 Å². The van der Waals surface area contributed by atoms with Crippen molar-refractivity contribution in [1.29, 1.82) is 0 Å². The van der Waals surface area contributed by atoms with E-state index in [1.807, 2.05) is 12.2 Å². The smallest absolute Gasteiger partial charge is 0.00318 e. The van der Waals surface area contributed by atoms with Crippen molar-refractivity contribution >= 4 is 12.6 Å². The van der Waals surface area contributed by atoms with Crippen LogP contribution < -0.4 is 0 Å². The van der Waals surface area contributed by atoms with E-state index in [0.29, 0.717) is 0 Å². The van der Waals surface area contributed by atoms with Crippen LogP contribution in [0.3, 0.4) is 0 Å². The summed E-state index contributed by atoms with van der Waals surface area (Å²) in [7, 11) is 0. The second-order valence-corrected chi connectivity index (χ2v) is 7.20. The highest BCUT2D eigenvalue weighted by atomic mass is 32.1. The van der Waals surface area contributed by atoms with Crippen molar-refractivity contribution in [3.63, 3.8) is 0 Å². The zero-order valence-corrected chi connectivity index (χ0v) is 18.3. The van der Waals surface area contributed by atoms with Gasteiger partial charge in [-0.05, 0) is 86.7 Å². The summed E-state index contributed by atoms with van der Waals surface area (Å²) < 4.78 is 0. The van der Waals surface area contributed by atoms with Gasteiger partial charge >= 0.3 is 0 Å². The first kappa shape index (κ1) is 24.3. The largest absolute Gasteiger partial charge is 0.144 e. The minimum Gasteiger partial charge on any atom is -0.144 e. The SMILES string of the molecule is C=C/C=C(\C=C(\C)CC)CCC/C(C(=C)C)=C(/C)C(=CC)/C=C\C(=C)S. The molecule has 0 saturated carbocycles. The molecule has 0 aliphatic rings. The molecule has 26 heavy (non-hydrogen) atoms. The van der Waals surface area contributed by atoms with Crippen LogP contribution in [0, 0.1) is 0 Å². The first-order valence-electron chi connectivity index (χ1n) is 9.33. The third-order valence-electron chi connectivity index (χ3n) is 4.38. The van der Waals surface area contributed by atoms with E-state index < -0.39 is 0 Å². The summed E-state index contributed by atoms with van der Waals surface area (Å²) in [6.45, 7) is 22.6. The van der Waals surface area contributed by atoms with Crippen LogP contribution in [0.5, 0.6) is 0 Å². The highest BCUT2D eigenvalue weighted by Gasteiger charge is 2.07. The van der Waals surface area contributed by atoms with Gasteiger partial charge in [0.05, 0.1) is 0 Å². The molecule has 142 valence electrons. The van der Waals surface area contributed by atoms with Crippen molar-refractivity contribution in [2.75, 3.05) is 0 Å². The summed E-state index contributed by atoms with van der Waals surface area (Å²) in [4.78, 5) is 0.756. The zero-order valence-electron chi connectivity index (χ0n) is 17.4. The van der Waals surface area contributed by atoms with E-state index in [-0.39, 0.29) is 0 Å². The molecular formula is C25H36S. The Morgan fingerprint density at radius 1 is 1.04 bits per heavy atom. The van der Waals surface area contributed by atoms with Crippen LogP contribution in [0.2, 0.25) is 0 Å². The second-order valence-electron chi connectivity index (χ2n) is 6.63. The molecule has 0 amide bonds. The van der Waals surface area contributed by atoms with Crippen molar-refractivity contribution in [3.8, 4) is 0 Å². The molecule has 0 aromatic carbocycles. The van der Waals surface area contributed by atoms with E-state index in [1.54, 1.807) is 0 Å². The number of rotatable bonds is 11. The maximum absolute atomic E-state index is 4.24. The van der Waals surface area contributed by atoms with Crippen molar-refractivity contribution in [2.24, 2.45) is 0 Å². The lowest BCUT2D eigenvalue weighted by Gasteiger charge is -2.14. The lowest BCUT2D eigenvalue weighted by Crippen LogP contribution is -1.95. The summed E-state index contributed by atoms with van der Waals surface area (Å²) >= 11 is 4.24. The maximum Gasteiger partial charge on any atom is -0.00318 e. The van der Waals surface area contributed by atoms with Gasteiger partial charge in [-0.15, -0.1) is 12.6 Å². The van der Waals surface area contributed by atoms with Gasteiger partial charge in [0, 0.05) is 0 Å².